The quantitative estimate of drug-likeness (QED) is 0.302. The van der Waals surface area contributed by atoms with Crippen LogP contribution in [-0.4, -0.2) is 40.3 Å². The standard InChI is InChI=1S/C30H26ClN3O4S/c1-20-5-10-26(33-18-20)17-29(35)21-7-11-27(12-8-21)39(37,38)34-19-22-6-9-24(31)14-23(22)15-30(36)28(34)16-25-4-2-3-13-32-25/h2-14,18,28H,15-17,19H2,1H3/t28-/m1/s1. The van der Waals surface area contributed by atoms with E-state index in [1.165, 1.54) is 28.6 Å². The van der Waals surface area contributed by atoms with Gasteiger partial charge in [0, 0.05) is 53.8 Å². The highest BCUT2D eigenvalue weighted by Gasteiger charge is 2.39. The minimum Gasteiger partial charge on any atom is -0.298 e. The number of benzene rings is 2. The summed E-state index contributed by atoms with van der Waals surface area (Å²) in [5.74, 6) is -0.401. The summed E-state index contributed by atoms with van der Waals surface area (Å²) in [6.07, 6.45) is 3.64. The molecule has 4 aromatic rings. The van der Waals surface area contributed by atoms with Crippen molar-refractivity contribution in [2.24, 2.45) is 0 Å². The molecule has 9 heteroatoms. The minimum absolute atomic E-state index is 0.00347. The van der Waals surface area contributed by atoms with Gasteiger partial charge in [0.1, 0.15) is 0 Å². The molecule has 0 bridgehead atoms. The molecule has 1 aliphatic rings. The normalized spacial score (nSPS) is 15.9. The zero-order valence-electron chi connectivity index (χ0n) is 21.2. The maximum Gasteiger partial charge on any atom is 0.244 e. The van der Waals surface area contributed by atoms with Gasteiger partial charge in [0.05, 0.1) is 17.4 Å². The lowest BCUT2D eigenvalue weighted by Gasteiger charge is -2.28. The van der Waals surface area contributed by atoms with Crippen LogP contribution in [0.1, 0.15) is 38.4 Å². The number of aromatic nitrogens is 2. The van der Waals surface area contributed by atoms with Gasteiger partial charge in [0.15, 0.2) is 11.6 Å². The number of aryl methyl sites for hydroxylation is 1. The van der Waals surface area contributed by atoms with E-state index in [1.54, 1.807) is 54.9 Å². The van der Waals surface area contributed by atoms with Gasteiger partial charge in [-0.1, -0.05) is 41.9 Å². The summed E-state index contributed by atoms with van der Waals surface area (Å²) >= 11 is 6.18. The Hall–Kier alpha value is -3.72. The molecule has 0 aliphatic carbocycles. The molecule has 0 N–H and O–H groups in total. The van der Waals surface area contributed by atoms with Crippen molar-refractivity contribution in [3.05, 3.63) is 124 Å². The fourth-order valence-electron chi connectivity index (χ4n) is 4.66. The number of nitrogens with zero attached hydrogens (tertiary/aromatic N) is 3. The van der Waals surface area contributed by atoms with Gasteiger partial charge < -0.3 is 0 Å². The van der Waals surface area contributed by atoms with Crippen molar-refractivity contribution in [1.29, 1.82) is 0 Å². The third-order valence-corrected chi connectivity index (χ3v) is 8.91. The molecular formula is C30H26ClN3O4S. The number of Topliss-reactive ketones (excluding diaryl/α,β-unsaturated/α-hetero) is 2. The molecule has 5 rings (SSSR count). The van der Waals surface area contributed by atoms with Crippen LogP contribution >= 0.6 is 11.6 Å². The van der Waals surface area contributed by atoms with E-state index >= 15 is 0 Å². The number of hydrogen-bond acceptors (Lipinski definition) is 6. The maximum atomic E-state index is 14.0. The van der Waals surface area contributed by atoms with E-state index in [1.807, 2.05) is 13.0 Å². The SMILES string of the molecule is Cc1ccc(CC(=O)c2ccc(S(=O)(=O)N3Cc4ccc(Cl)cc4CC(=O)[C@H]3Cc3ccccn3)cc2)nc1. The molecule has 2 aromatic heterocycles. The van der Waals surface area contributed by atoms with E-state index in [0.717, 1.165) is 11.1 Å². The van der Waals surface area contributed by atoms with Crippen LogP contribution in [0, 0.1) is 6.92 Å². The van der Waals surface area contributed by atoms with Crippen molar-refractivity contribution < 1.29 is 18.0 Å². The highest BCUT2D eigenvalue weighted by Crippen LogP contribution is 2.30. The number of pyridine rings is 2. The first-order valence-corrected chi connectivity index (χ1v) is 14.3. The molecule has 2 aromatic carbocycles. The van der Waals surface area contributed by atoms with Gasteiger partial charge in [-0.15, -0.1) is 0 Å². The van der Waals surface area contributed by atoms with Crippen LogP contribution in [0.5, 0.6) is 0 Å². The molecule has 0 saturated heterocycles. The van der Waals surface area contributed by atoms with Gasteiger partial charge in [-0.3, -0.25) is 19.6 Å². The van der Waals surface area contributed by atoms with Crippen LogP contribution in [-0.2, 0) is 40.6 Å². The smallest absolute Gasteiger partial charge is 0.244 e. The van der Waals surface area contributed by atoms with Crippen LogP contribution in [0.2, 0.25) is 5.02 Å². The summed E-state index contributed by atoms with van der Waals surface area (Å²) in [4.78, 5) is 34.9. The zero-order valence-corrected chi connectivity index (χ0v) is 22.8. The number of carbonyl (C=O) groups is 2. The van der Waals surface area contributed by atoms with Crippen molar-refractivity contribution in [1.82, 2.24) is 14.3 Å². The topological polar surface area (TPSA) is 97.3 Å². The largest absolute Gasteiger partial charge is 0.298 e. The average Bonchev–Trinajstić information content (AvgIpc) is 3.06. The second-order valence-electron chi connectivity index (χ2n) is 9.60. The van der Waals surface area contributed by atoms with Crippen LogP contribution in [0.25, 0.3) is 0 Å². The highest BCUT2D eigenvalue weighted by molar-refractivity contribution is 7.89. The first-order chi connectivity index (χ1) is 18.7. The fourth-order valence-corrected chi connectivity index (χ4v) is 6.44. The summed E-state index contributed by atoms with van der Waals surface area (Å²) in [6.45, 7) is 1.93. The third-order valence-electron chi connectivity index (χ3n) is 6.80. The molecule has 0 unspecified atom stereocenters. The van der Waals surface area contributed by atoms with E-state index in [4.69, 9.17) is 11.6 Å². The first kappa shape index (κ1) is 26.9. The van der Waals surface area contributed by atoms with Crippen molar-refractivity contribution in [3.8, 4) is 0 Å². The molecule has 1 aliphatic heterocycles. The number of halogens is 1. The molecule has 0 saturated carbocycles. The molecule has 3 heterocycles. The Labute approximate surface area is 232 Å². The van der Waals surface area contributed by atoms with Gasteiger partial charge in [-0.25, -0.2) is 8.42 Å². The average molecular weight is 560 g/mol. The minimum atomic E-state index is -4.12. The number of ketones is 2. The van der Waals surface area contributed by atoms with Gasteiger partial charge in [0.2, 0.25) is 10.0 Å². The monoisotopic (exact) mass is 559 g/mol. The summed E-state index contributed by atoms with van der Waals surface area (Å²) < 4.78 is 29.2. The lowest BCUT2D eigenvalue weighted by molar-refractivity contribution is -0.121. The Morgan fingerprint density at radius 1 is 0.974 bits per heavy atom. The van der Waals surface area contributed by atoms with Crippen LogP contribution in [0.3, 0.4) is 0 Å². The van der Waals surface area contributed by atoms with E-state index < -0.39 is 16.1 Å². The molecule has 0 radical (unpaired) electrons. The van der Waals surface area contributed by atoms with Crippen LogP contribution in [0.15, 0.2) is 90.1 Å². The Kier molecular flexibility index (Phi) is 7.70. The number of hydrogen-bond donors (Lipinski definition) is 0. The van der Waals surface area contributed by atoms with Gasteiger partial charge >= 0.3 is 0 Å². The molecule has 39 heavy (non-hydrogen) atoms. The molecule has 7 nitrogen and oxygen atoms in total. The number of sulfonamides is 1. The second kappa shape index (κ2) is 11.2. The summed E-state index contributed by atoms with van der Waals surface area (Å²) in [6, 6.07) is 19.1. The zero-order chi connectivity index (χ0) is 27.6. The fraction of sp³-hybridized carbons (Fsp3) is 0.200. The number of carbonyl (C=O) groups excluding carboxylic acids is 2. The highest BCUT2D eigenvalue weighted by atomic mass is 35.5. The van der Waals surface area contributed by atoms with Crippen LogP contribution in [0.4, 0.5) is 0 Å². The number of fused-ring (bicyclic) bond motifs is 1. The van der Waals surface area contributed by atoms with Crippen molar-refractivity contribution in [2.45, 2.75) is 43.7 Å². The first-order valence-electron chi connectivity index (χ1n) is 12.5. The Bertz CT molecular complexity index is 1620. The Morgan fingerprint density at radius 3 is 2.46 bits per heavy atom. The van der Waals surface area contributed by atoms with E-state index in [2.05, 4.69) is 9.97 Å². The predicted octanol–water partition coefficient (Wildman–Crippen LogP) is 4.79. The maximum absolute atomic E-state index is 14.0. The van der Waals surface area contributed by atoms with Gasteiger partial charge in [-0.2, -0.15) is 4.31 Å². The lowest BCUT2D eigenvalue weighted by atomic mass is 10.00. The second-order valence-corrected chi connectivity index (χ2v) is 11.9. The molecule has 0 fully saturated rings. The molecular weight excluding hydrogens is 534 g/mol. The van der Waals surface area contributed by atoms with Crippen molar-refractivity contribution in [3.63, 3.8) is 0 Å². The third kappa shape index (κ3) is 5.98. The Balaban J connectivity index is 1.46. The molecule has 0 amide bonds. The molecule has 198 valence electrons. The summed E-state index contributed by atoms with van der Waals surface area (Å²) in [7, 11) is -4.12. The summed E-state index contributed by atoms with van der Waals surface area (Å²) in [5, 5.41) is 0.486. The van der Waals surface area contributed by atoms with Gasteiger partial charge in [-0.05, 0) is 66.1 Å². The van der Waals surface area contributed by atoms with E-state index in [-0.39, 0.29) is 42.3 Å². The predicted molar refractivity (Wildman–Crippen MR) is 148 cm³/mol. The van der Waals surface area contributed by atoms with Crippen molar-refractivity contribution in [2.75, 3.05) is 0 Å². The summed E-state index contributed by atoms with van der Waals surface area (Å²) in [5.41, 5.74) is 4.07. The van der Waals surface area contributed by atoms with Gasteiger partial charge in [0.25, 0.3) is 0 Å². The van der Waals surface area contributed by atoms with Crippen LogP contribution < -0.4 is 0 Å². The van der Waals surface area contributed by atoms with E-state index in [9.17, 15) is 18.0 Å². The Morgan fingerprint density at radius 2 is 1.77 bits per heavy atom. The van der Waals surface area contributed by atoms with Crippen molar-refractivity contribution >= 4 is 33.2 Å². The molecule has 0 spiro atoms. The van der Waals surface area contributed by atoms with E-state index in [0.29, 0.717) is 27.5 Å². The molecule has 1 atom stereocenters. The number of rotatable bonds is 7. The lowest BCUT2D eigenvalue weighted by Crippen LogP contribution is -2.45.